The van der Waals surface area contributed by atoms with Crippen LogP contribution in [0.5, 0.6) is 11.5 Å². The number of hydrogen-bond acceptors (Lipinski definition) is 3. The summed E-state index contributed by atoms with van der Waals surface area (Å²) < 4.78 is 10.7. The fourth-order valence-electron chi connectivity index (χ4n) is 1.58. The number of halogens is 1. The summed E-state index contributed by atoms with van der Waals surface area (Å²) in [6.45, 7) is 7.06. The highest BCUT2D eigenvalue weighted by Crippen LogP contribution is 2.35. The van der Waals surface area contributed by atoms with Crippen molar-refractivity contribution in [1.82, 2.24) is 5.32 Å². The quantitative estimate of drug-likeness (QED) is 0.366. The van der Waals surface area contributed by atoms with Crippen LogP contribution in [0.15, 0.2) is 35.3 Å². The van der Waals surface area contributed by atoms with Crippen molar-refractivity contribution >= 4 is 29.9 Å². The zero-order chi connectivity index (χ0) is 13.0. The molecule has 0 amide bonds. The molecular weight excluding hydrogens is 357 g/mol. The SMILES string of the molecule is C=C(C)CNC(N)=NCc1cccc2c1OCO2.I. The van der Waals surface area contributed by atoms with Gasteiger partial charge in [-0.15, -0.1) is 24.0 Å². The number of nitrogens with one attached hydrogen (secondary N) is 1. The van der Waals surface area contributed by atoms with E-state index in [0.717, 1.165) is 22.6 Å². The van der Waals surface area contributed by atoms with Gasteiger partial charge in [0.2, 0.25) is 6.79 Å². The lowest BCUT2D eigenvalue weighted by molar-refractivity contribution is 0.173. The molecule has 1 heterocycles. The number of para-hydroxylation sites is 1. The van der Waals surface area contributed by atoms with Crippen LogP contribution in [0.2, 0.25) is 0 Å². The maximum Gasteiger partial charge on any atom is 0.231 e. The van der Waals surface area contributed by atoms with Crippen molar-refractivity contribution in [3.8, 4) is 11.5 Å². The van der Waals surface area contributed by atoms with Gasteiger partial charge in [0, 0.05) is 12.1 Å². The molecule has 1 aromatic rings. The summed E-state index contributed by atoms with van der Waals surface area (Å²) in [5, 5.41) is 2.98. The first-order valence-electron chi connectivity index (χ1n) is 5.72. The van der Waals surface area contributed by atoms with Crippen molar-refractivity contribution in [2.75, 3.05) is 13.3 Å². The van der Waals surface area contributed by atoms with Crippen LogP contribution in [-0.2, 0) is 6.54 Å². The normalized spacial score (nSPS) is 12.8. The number of benzene rings is 1. The van der Waals surface area contributed by atoms with Crippen LogP contribution in [0, 0.1) is 0 Å². The summed E-state index contributed by atoms with van der Waals surface area (Å²) in [6.07, 6.45) is 0. The standard InChI is InChI=1S/C13H17N3O2.HI/c1-9(2)6-15-13(14)16-7-10-4-3-5-11-12(10)18-8-17-11;/h3-5H,1,6-8H2,2H3,(H3,14,15,16);1H. The minimum absolute atomic E-state index is 0. The van der Waals surface area contributed by atoms with Gasteiger partial charge in [-0.3, -0.25) is 0 Å². The number of nitrogens with two attached hydrogens (primary N) is 1. The second-order valence-corrected chi connectivity index (χ2v) is 4.16. The fourth-order valence-corrected chi connectivity index (χ4v) is 1.58. The Labute approximate surface area is 129 Å². The van der Waals surface area contributed by atoms with E-state index in [4.69, 9.17) is 15.2 Å². The number of nitrogens with zero attached hydrogens (tertiary/aromatic N) is 1. The smallest absolute Gasteiger partial charge is 0.231 e. The van der Waals surface area contributed by atoms with E-state index in [9.17, 15) is 0 Å². The van der Waals surface area contributed by atoms with Crippen LogP contribution in [0.25, 0.3) is 0 Å². The number of aliphatic imine (C=N–C) groups is 1. The molecular formula is C13H18IN3O2. The number of hydrogen-bond donors (Lipinski definition) is 2. The van der Waals surface area contributed by atoms with Gasteiger partial charge in [-0.05, 0) is 13.0 Å². The predicted octanol–water partition coefficient (Wildman–Crippen LogP) is 2.01. The van der Waals surface area contributed by atoms with Crippen molar-refractivity contribution in [2.24, 2.45) is 10.7 Å². The van der Waals surface area contributed by atoms with Gasteiger partial charge >= 0.3 is 0 Å². The molecule has 0 fully saturated rings. The van der Waals surface area contributed by atoms with Gasteiger partial charge in [0.1, 0.15) is 0 Å². The van der Waals surface area contributed by atoms with E-state index in [-0.39, 0.29) is 30.8 Å². The number of fused-ring (bicyclic) bond motifs is 1. The number of rotatable bonds is 4. The van der Waals surface area contributed by atoms with Crippen LogP contribution < -0.4 is 20.5 Å². The van der Waals surface area contributed by atoms with Gasteiger partial charge in [0.25, 0.3) is 0 Å². The van der Waals surface area contributed by atoms with Crippen molar-refractivity contribution in [1.29, 1.82) is 0 Å². The molecule has 3 N–H and O–H groups in total. The van der Waals surface area contributed by atoms with Gasteiger partial charge in [0.05, 0.1) is 6.54 Å². The van der Waals surface area contributed by atoms with Crippen molar-refractivity contribution in [3.05, 3.63) is 35.9 Å². The Morgan fingerprint density at radius 1 is 1.47 bits per heavy atom. The molecule has 5 nitrogen and oxygen atoms in total. The molecule has 0 radical (unpaired) electrons. The van der Waals surface area contributed by atoms with E-state index in [0.29, 0.717) is 19.0 Å². The Hall–Kier alpha value is -1.44. The molecule has 1 aliphatic heterocycles. The molecule has 0 aromatic heterocycles. The Morgan fingerprint density at radius 2 is 2.26 bits per heavy atom. The van der Waals surface area contributed by atoms with Gasteiger partial charge < -0.3 is 20.5 Å². The van der Waals surface area contributed by atoms with E-state index in [2.05, 4.69) is 16.9 Å². The molecule has 0 unspecified atom stereocenters. The number of ether oxygens (including phenoxy) is 2. The zero-order valence-corrected chi connectivity index (χ0v) is 13.1. The molecule has 0 saturated heterocycles. The Kier molecular flexibility index (Phi) is 5.94. The van der Waals surface area contributed by atoms with Crippen molar-refractivity contribution in [3.63, 3.8) is 0 Å². The lowest BCUT2D eigenvalue weighted by Gasteiger charge is -2.06. The first-order chi connectivity index (χ1) is 8.66. The first kappa shape index (κ1) is 15.6. The molecule has 6 heteroatoms. The highest BCUT2D eigenvalue weighted by Gasteiger charge is 2.16. The molecule has 1 aromatic carbocycles. The monoisotopic (exact) mass is 375 g/mol. The summed E-state index contributed by atoms with van der Waals surface area (Å²) in [5.74, 6) is 1.92. The maximum atomic E-state index is 5.74. The predicted molar refractivity (Wildman–Crippen MR) is 86.1 cm³/mol. The van der Waals surface area contributed by atoms with E-state index in [1.165, 1.54) is 0 Å². The molecule has 1 aliphatic rings. The minimum atomic E-state index is 0. The lowest BCUT2D eigenvalue weighted by atomic mass is 10.2. The van der Waals surface area contributed by atoms with E-state index in [1.54, 1.807) is 0 Å². The van der Waals surface area contributed by atoms with E-state index in [1.807, 2.05) is 25.1 Å². The second kappa shape index (κ2) is 7.22. The van der Waals surface area contributed by atoms with Gasteiger partial charge in [-0.25, -0.2) is 4.99 Å². The molecule has 104 valence electrons. The van der Waals surface area contributed by atoms with E-state index >= 15 is 0 Å². The van der Waals surface area contributed by atoms with Crippen molar-refractivity contribution < 1.29 is 9.47 Å². The zero-order valence-electron chi connectivity index (χ0n) is 10.8. The number of guanidine groups is 1. The van der Waals surface area contributed by atoms with E-state index < -0.39 is 0 Å². The summed E-state index contributed by atoms with van der Waals surface area (Å²) in [6, 6.07) is 5.73. The average molecular weight is 375 g/mol. The Morgan fingerprint density at radius 3 is 3.00 bits per heavy atom. The third kappa shape index (κ3) is 4.30. The van der Waals surface area contributed by atoms with Crippen LogP contribution in [0.3, 0.4) is 0 Å². The van der Waals surface area contributed by atoms with Crippen LogP contribution in [-0.4, -0.2) is 19.3 Å². The second-order valence-electron chi connectivity index (χ2n) is 4.16. The van der Waals surface area contributed by atoms with Gasteiger partial charge in [-0.2, -0.15) is 0 Å². The highest BCUT2D eigenvalue weighted by molar-refractivity contribution is 14.0. The minimum Gasteiger partial charge on any atom is -0.454 e. The molecule has 2 rings (SSSR count). The average Bonchev–Trinajstić information content (AvgIpc) is 2.82. The first-order valence-corrected chi connectivity index (χ1v) is 5.72. The van der Waals surface area contributed by atoms with Crippen LogP contribution in [0.4, 0.5) is 0 Å². The molecule has 0 spiro atoms. The summed E-state index contributed by atoms with van der Waals surface area (Å²) in [7, 11) is 0. The topological polar surface area (TPSA) is 68.9 Å². The molecule has 0 aliphatic carbocycles. The van der Waals surface area contributed by atoms with Crippen LogP contribution in [0.1, 0.15) is 12.5 Å². The van der Waals surface area contributed by atoms with Gasteiger partial charge in [0.15, 0.2) is 17.5 Å². The highest BCUT2D eigenvalue weighted by atomic mass is 127. The van der Waals surface area contributed by atoms with Crippen LogP contribution >= 0.6 is 24.0 Å². The van der Waals surface area contributed by atoms with Gasteiger partial charge in [-0.1, -0.05) is 24.3 Å². The maximum absolute atomic E-state index is 5.74. The lowest BCUT2D eigenvalue weighted by Crippen LogP contribution is -2.32. The largest absolute Gasteiger partial charge is 0.454 e. The summed E-state index contributed by atoms with van der Waals surface area (Å²) >= 11 is 0. The third-order valence-corrected chi connectivity index (χ3v) is 2.47. The molecule has 0 atom stereocenters. The fraction of sp³-hybridized carbons (Fsp3) is 0.308. The Balaban J connectivity index is 0.00000180. The molecule has 19 heavy (non-hydrogen) atoms. The molecule has 0 saturated carbocycles. The molecule has 0 bridgehead atoms. The van der Waals surface area contributed by atoms with Crippen molar-refractivity contribution in [2.45, 2.75) is 13.5 Å². The Bertz CT molecular complexity index is 489. The third-order valence-electron chi connectivity index (χ3n) is 2.47. The summed E-state index contributed by atoms with van der Waals surface area (Å²) in [5.41, 5.74) is 7.71. The summed E-state index contributed by atoms with van der Waals surface area (Å²) in [4.78, 5) is 4.25.